The molecule has 0 amide bonds. The molecule has 27 heavy (non-hydrogen) atoms. The second-order valence-corrected chi connectivity index (χ2v) is 14.4. The number of aryl methyl sites for hydroxylation is 1. The molecule has 0 spiro atoms. The molecule has 0 saturated carbocycles. The highest BCUT2D eigenvalue weighted by Crippen LogP contribution is 2.46. The normalized spacial score (nSPS) is 23.4. The molecule has 2 atom stereocenters. The Balaban J connectivity index is 1.81. The SMILES string of the molecule is COc1ccc2c(c1)CC[C@@H]([C@H]1CCC(O[Si](C)(C)C(C)(C)C)=C1C)C2=O. The number of carbonyl (C=O) groups is 1. The first-order valence-corrected chi connectivity index (χ1v) is 13.1. The lowest BCUT2D eigenvalue weighted by molar-refractivity contribution is 0.0863. The van der Waals surface area contributed by atoms with Crippen molar-refractivity contribution in [1.82, 2.24) is 0 Å². The number of hydrogen-bond donors (Lipinski definition) is 0. The molecular formula is C23H34O3Si. The van der Waals surface area contributed by atoms with Crippen molar-refractivity contribution >= 4 is 14.1 Å². The minimum absolute atomic E-state index is 0.0893. The second-order valence-electron chi connectivity index (χ2n) is 9.65. The van der Waals surface area contributed by atoms with Gasteiger partial charge in [0.05, 0.1) is 12.9 Å². The number of ether oxygens (including phenoxy) is 1. The summed E-state index contributed by atoms with van der Waals surface area (Å²) in [6.07, 6.45) is 3.89. The number of hydrogen-bond acceptors (Lipinski definition) is 3. The molecule has 1 aromatic rings. The number of Topliss-reactive ketones (excluding diaryl/α,β-unsaturated/α-hetero) is 1. The number of methoxy groups -OCH3 is 1. The molecule has 4 heteroatoms. The molecule has 0 saturated heterocycles. The molecule has 0 aliphatic heterocycles. The number of allylic oxidation sites excluding steroid dienone is 2. The summed E-state index contributed by atoms with van der Waals surface area (Å²) >= 11 is 0. The number of benzene rings is 1. The van der Waals surface area contributed by atoms with Crippen LogP contribution in [0.25, 0.3) is 0 Å². The summed E-state index contributed by atoms with van der Waals surface area (Å²) in [6.45, 7) is 13.6. The molecule has 1 aromatic carbocycles. The summed E-state index contributed by atoms with van der Waals surface area (Å²) in [5, 5.41) is 0.191. The van der Waals surface area contributed by atoms with Crippen molar-refractivity contribution in [3.05, 3.63) is 40.7 Å². The van der Waals surface area contributed by atoms with E-state index in [1.165, 1.54) is 11.3 Å². The predicted molar refractivity (Wildman–Crippen MR) is 113 cm³/mol. The van der Waals surface area contributed by atoms with Crippen LogP contribution in [-0.4, -0.2) is 21.2 Å². The fourth-order valence-electron chi connectivity index (χ4n) is 4.17. The Bertz CT molecular complexity index is 770. The number of fused-ring (bicyclic) bond motifs is 1. The average molecular weight is 387 g/mol. The van der Waals surface area contributed by atoms with Crippen molar-refractivity contribution in [3.63, 3.8) is 0 Å². The van der Waals surface area contributed by atoms with Crippen LogP contribution in [0.5, 0.6) is 5.75 Å². The smallest absolute Gasteiger partial charge is 0.250 e. The molecule has 3 nitrogen and oxygen atoms in total. The monoisotopic (exact) mass is 386 g/mol. The molecule has 0 radical (unpaired) electrons. The van der Waals surface area contributed by atoms with Crippen LogP contribution in [0.3, 0.4) is 0 Å². The van der Waals surface area contributed by atoms with Gasteiger partial charge in [0.2, 0.25) is 8.32 Å². The molecule has 148 valence electrons. The Labute approximate surface area is 165 Å². The third kappa shape index (κ3) is 3.73. The maximum atomic E-state index is 13.2. The van der Waals surface area contributed by atoms with Crippen LogP contribution < -0.4 is 4.74 Å². The van der Waals surface area contributed by atoms with Gasteiger partial charge in [-0.25, -0.2) is 0 Å². The van der Waals surface area contributed by atoms with Gasteiger partial charge in [-0.15, -0.1) is 0 Å². The van der Waals surface area contributed by atoms with E-state index < -0.39 is 8.32 Å². The summed E-state index contributed by atoms with van der Waals surface area (Å²) in [7, 11) is -0.160. The van der Waals surface area contributed by atoms with E-state index in [-0.39, 0.29) is 11.0 Å². The molecule has 2 aliphatic carbocycles. The third-order valence-electron chi connectivity index (χ3n) is 6.99. The zero-order chi connectivity index (χ0) is 20.0. The molecule has 0 fully saturated rings. The summed E-state index contributed by atoms with van der Waals surface area (Å²) in [5.74, 6) is 2.72. The first kappa shape index (κ1) is 20.2. The van der Waals surface area contributed by atoms with Gasteiger partial charge in [0.25, 0.3) is 0 Å². The average Bonchev–Trinajstić information content (AvgIpc) is 2.94. The minimum Gasteiger partial charge on any atom is -0.547 e. The quantitative estimate of drug-likeness (QED) is 0.583. The number of rotatable bonds is 4. The predicted octanol–water partition coefficient (Wildman–Crippen LogP) is 6.15. The van der Waals surface area contributed by atoms with Gasteiger partial charge in [0.1, 0.15) is 5.75 Å². The van der Waals surface area contributed by atoms with Gasteiger partial charge in [-0.05, 0) is 79.6 Å². The van der Waals surface area contributed by atoms with Crippen molar-refractivity contribution in [2.75, 3.05) is 7.11 Å². The fourth-order valence-corrected chi connectivity index (χ4v) is 5.36. The Morgan fingerprint density at radius 3 is 2.37 bits per heavy atom. The summed E-state index contributed by atoms with van der Waals surface area (Å²) in [5.41, 5.74) is 3.33. The van der Waals surface area contributed by atoms with Crippen LogP contribution >= 0.6 is 0 Å². The maximum Gasteiger partial charge on any atom is 0.250 e. The van der Waals surface area contributed by atoms with E-state index in [0.717, 1.165) is 42.6 Å². The highest BCUT2D eigenvalue weighted by atomic mass is 28.4. The van der Waals surface area contributed by atoms with Crippen LogP contribution in [0.1, 0.15) is 62.9 Å². The molecule has 0 N–H and O–H groups in total. The first-order chi connectivity index (χ1) is 12.5. The summed E-state index contributed by atoms with van der Waals surface area (Å²) in [4.78, 5) is 13.2. The molecular weight excluding hydrogens is 352 g/mol. The van der Waals surface area contributed by atoms with Gasteiger partial charge in [0, 0.05) is 17.9 Å². The lowest BCUT2D eigenvalue weighted by Gasteiger charge is -2.37. The highest BCUT2D eigenvalue weighted by molar-refractivity contribution is 6.74. The van der Waals surface area contributed by atoms with Gasteiger partial charge in [-0.2, -0.15) is 0 Å². The Hall–Kier alpha value is -1.55. The zero-order valence-corrected chi connectivity index (χ0v) is 18.9. The molecule has 0 bridgehead atoms. The molecule has 3 rings (SSSR count). The highest BCUT2D eigenvalue weighted by Gasteiger charge is 2.43. The van der Waals surface area contributed by atoms with Crippen molar-refractivity contribution < 1.29 is 14.0 Å². The Morgan fingerprint density at radius 2 is 1.74 bits per heavy atom. The molecule has 0 aromatic heterocycles. The lowest BCUT2D eigenvalue weighted by Crippen LogP contribution is -2.40. The fraction of sp³-hybridized carbons (Fsp3) is 0.609. The standard InChI is InChI=1S/C23H34O3Si/c1-15-18(12-13-21(15)26-27(6,7)23(2,3)4)20-10-8-16-14-17(25-5)9-11-19(16)22(20)24/h9,11,14,18,20H,8,10,12-13H2,1-7H3/t18-,20-/m0/s1. The van der Waals surface area contributed by atoms with E-state index >= 15 is 0 Å². The Morgan fingerprint density at radius 1 is 1.07 bits per heavy atom. The van der Waals surface area contributed by atoms with Crippen LogP contribution in [0.2, 0.25) is 18.1 Å². The van der Waals surface area contributed by atoms with E-state index in [1.54, 1.807) is 7.11 Å². The van der Waals surface area contributed by atoms with Crippen molar-refractivity contribution in [3.8, 4) is 5.75 Å². The van der Waals surface area contributed by atoms with E-state index in [4.69, 9.17) is 9.16 Å². The molecule has 0 unspecified atom stereocenters. The van der Waals surface area contributed by atoms with Crippen molar-refractivity contribution in [1.29, 1.82) is 0 Å². The van der Waals surface area contributed by atoms with E-state index in [2.05, 4.69) is 40.8 Å². The summed E-state index contributed by atoms with van der Waals surface area (Å²) in [6, 6.07) is 5.87. The molecule has 0 heterocycles. The van der Waals surface area contributed by atoms with Crippen LogP contribution in [0, 0.1) is 11.8 Å². The van der Waals surface area contributed by atoms with Gasteiger partial charge < -0.3 is 9.16 Å². The van der Waals surface area contributed by atoms with Gasteiger partial charge >= 0.3 is 0 Å². The van der Waals surface area contributed by atoms with Crippen molar-refractivity contribution in [2.45, 2.75) is 71.5 Å². The van der Waals surface area contributed by atoms with E-state index in [1.807, 2.05) is 18.2 Å². The van der Waals surface area contributed by atoms with Crippen molar-refractivity contribution in [2.24, 2.45) is 11.8 Å². The van der Waals surface area contributed by atoms with E-state index in [0.29, 0.717) is 11.7 Å². The van der Waals surface area contributed by atoms with Gasteiger partial charge in [-0.3, -0.25) is 4.79 Å². The minimum atomic E-state index is -1.83. The number of carbonyl (C=O) groups excluding carboxylic acids is 1. The van der Waals surface area contributed by atoms with E-state index in [9.17, 15) is 4.79 Å². The van der Waals surface area contributed by atoms with Crippen LogP contribution in [0.4, 0.5) is 0 Å². The zero-order valence-electron chi connectivity index (χ0n) is 17.9. The third-order valence-corrected chi connectivity index (χ3v) is 11.4. The van der Waals surface area contributed by atoms with Gasteiger partial charge in [-0.1, -0.05) is 20.8 Å². The summed E-state index contributed by atoms with van der Waals surface area (Å²) < 4.78 is 11.9. The molecule has 2 aliphatic rings. The largest absolute Gasteiger partial charge is 0.547 e. The Kier molecular flexibility index (Phi) is 5.32. The number of ketones is 1. The maximum absolute atomic E-state index is 13.2. The first-order valence-electron chi connectivity index (χ1n) is 10.1. The topological polar surface area (TPSA) is 35.5 Å². The second kappa shape index (κ2) is 7.12. The van der Waals surface area contributed by atoms with Gasteiger partial charge in [0.15, 0.2) is 5.78 Å². The van der Waals surface area contributed by atoms with Crippen LogP contribution in [-0.2, 0) is 10.8 Å². The van der Waals surface area contributed by atoms with Crippen LogP contribution in [0.15, 0.2) is 29.5 Å². The lowest BCUT2D eigenvalue weighted by atomic mass is 9.74.